The van der Waals surface area contributed by atoms with Crippen LogP contribution in [-0.4, -0.2) is 75.7 Å². The van der Waals surface area contributed by atoms with Crippen LogP contribution in [0.5, 0.6) is 0 Å². The molecular weight excluding hydrogens is 592 g/mol. The summed E-state index contributed by atoms with van der Waals surface area (Å²) in [6.45, 7) is 4.36. The third-order valence-corrected chi connectivity index (χ3v) is 8.79. The Morgan fingerprint density at radius 3 is 2.67 bits per heavy atom. The van der Waals surface area contributed by atoms with Gasteiger partial charge in [-0.2, -0.15) is 0 Å². The first-order valence-corrected chi connectivity index (χ1v) is 16.0. The molecule has 0 spiro atoms. The monoisotopic (exact) mass is 628 g/mol. The summed E-state index contributed by atoms with van der Waals surface area (Å²) in [7, 11) is 0. The minimum atomic E-state index is -0.683. The maximum absolute atomic E-state index is 13.7. The summed E-state index contributed by atoms with van der Waals surface area (Å²) in [6.07, 6.45) is 9.04. The van der Waals surface area contributed by atoms with Crippen molar-refractivity contribution >= 4 is 56.8 Å². The number of hydrogen-bond acceptors (Lipinski definition) is 8. The molecule has 0 saturated carbocycles. The van der Waals surface area contributed by atoms with Gasteiger partial charge in [-0.15, -0.1) is 0 Å². The van der Waals surface area contributed by atoms with Crippen LogP contribution < -0.4 is 16.0 Å². The van der Waals surface area contributed by atoms with E-state index in [2.05, 4.69) is 25.9 Å². The number of anilines is 2. The van der Waals surface area contributed by atoms with Gasteiger partial charge in [0.2, 0.25) is 17.8 Å². The van der Waals surface area contributed by atoms with Crippen LogP contribution >= 0.6 is 11.3 Å². The van der Waals surface area contributed by atoms with Gasteiger partial charge in [0.1, 0.15) is 22.3 Å². The van der Waals surface area contributed by atoms with Gasteiger partial charge < -0.3 is 30.2 Å². The number of likely N-dealkylation sites (tertiary alicyclic amines) is 2. The molecule has 2 saturated heterocycles. The minimum Gasteiger partial charge on any atom is -0.461 e. The van der Waals surface area contributed by atoms with Gasteiger partial charge in [-0.05, 0) is 81.0 Å². The number of guanidine groups is 1. The number of benzene rings is 1. The molecule has 2 fully saturated rings. The zero-order chi connectivity index (χ0) is 31.2. The van der Waals surface area contributed by atoms with Crippen molar-refractivity contribution in [2.24, 2.45) is 4.99 Å². The van der Waals surface area contributed by atoms with Crippen LogP contribution in [0.3, 0.4) is 0 Å². The molecule has 234 valence electrons. The average Bonchev–Trinajstić information content (AvgIpc) is 3.80. The summed E-state index contributed by atoms with van der Waals surface area (Å²) < 4.78 is 5.72. The second-order valence-corrected chi connectivity index (χ2v) is 12.3. The summed E-state index contributed by atoms with van der Waals surface area (Å²) in [4.78, 5) is 56.6. The highest BCUT2D eigenvalue weighted by molar-refractivity contribution is 7.17. The molecule has 4 aromatic rings. The zero-order valence-corrected chi connectivity index (χ0v) is 25.9. The summed E-state index contributed by atoms with van der Waals surface area (Å²) in [6, 6.07) is 10.6. The minimum absolute atomic E-state index is 0.0109. The molecule has 12 nitrogen and oxygen atoms in total. The van der Waals surface area contributed by atoms with Gasteiger partial charge in [-0.3, -0.25) is 19.4 Å². The molecule has 13 heteroatoms. The summed E-state index contributed by atoms with van der Waals surface area (Å²) >= 11 is 1.18. The average molecular weight is 629 g/mol. The van der Waals surface area contributed by atoms with Crippen LogP contribution in [-0.2, 0) is 16.1 Å². The molecular formula is C32H36N8O4S. The molecule has 0 aliphatic carbocycles. The van der Waals surface area contributed by atoms with E-state index in [-0.39, 0.29) is 24.3 Å². The van der Waals surface area contributed by atoms with Gasteiger partial charge in [0.05, 0.1) is 12.7 Å². The number of carbonyl (C=O) groups excluding carboxylic acids is 3. The van der Waals surface area contributed by atoms with Crippen molar-refractivity contribution in [3.05, 3.63) is 71.2 Å². The van der Waals surface area contributed by atoms with Crippen LogP contribution in [0.1, 0.15) is 53.1 Å². The van der Waals surface area contributed by atoms with Crippen molar-refractivity contribution in [2.45, 2.75) is 51.6 Å². The number of aryl methyl sites for hydroxylation is 1. The highest BCUT2D eigenvalue weighted by Gasteiger charge is 2.30. The van der Waals surface area contributed by atoms with Crippen LogP contribution in [0.25, 0.3) is 11.0 Å². The maximum Gasteiger partial charge on any atom is 0.263 e. The van der Waals surface area contributed by atoms with Crippen LogP contribution in [0.4, 0.5) is 10.8 Å². The number of fused-ring (bicyclic) bond motifs is 1. The van der Waals surface area contributed by atoms with Crippen LogP contribution in [0.2, 0.25) is 0 Å². The van der Waals surface area contributed by atoms with Crippen LogP contribution in [0, 0.1) is 6.92 Å². The van der Waals surface area contributed by atoms with Crippen molar-refractivity contribution in [1.29, 1.82) is 0 Å². The molecule has 5 heterocycles. The van der Waals surface area contributed by atoms with E-state index < -0.39 is 6.04 Å². The molecule has 0 radical (unpaired) electrons. The molecule has 1 unspecified atom stereocenters. The molecule has 1 aromatic carbocycles. The Balaban J connectivity index is 1.21. The lowest BCUT2D eigenvalue weighted by molar-refractivity contribution is -0.140. The van der Waals surface area contributed by atoms with Gasteiger partial charge in [0.25, 0.3) is 5.91 Å². The number of nitrogens with zero attached hydrogens (tertiary/aromatic N) is 5. The number of furan rings is 1. The molecule has 3 amide bonds. The quantitative estimate of drug-likeness (QED) is 0.192. The lowest BCUT2D eigenvalue weighted by Gasteiger charge is -2.25. The van der Waals surface area contributed by atoms with Crippen molar-refractivity contribution < 1.29 is 18.8 Å². The number of pyridine rings is 1. The Kier molecular flexibility index (Phi) is 9.34. The van der Waals surface area contributed by atoms with Gasteiger partial charge in [0, 0.05) is 49.6 Å². The van der Waals surface area contributed by atoms with Crippen molar-refractivity contribution in [2.75, 3.05) is 36.8 Å². The van der Waals surface area contributed by atoms with E-state index in [1.165, 1.54) is 17.5 Å². The molecule has 3 N–H and O–H groups in total. The summed E-state index contributed by atoms with van der Waals surface area (Å²) in [5.74, 6) is 0.695. The van der Waals surface area contributed by atoms with E-state index in [1.807, 2.05) is 48.2 Å². The number of hydrogen-bond donors (Lipinski definition) is 3. The number of carbonyl (C=O) groups is 3. The number of nitrogens with one attached hydrogen (secondary N) is 3. The normalized spacial score (nSPS) is 17.4. The zero-order valence-electron chi connectivity index (χ0n) is 25.1. The summed E-state index contributed by atoms with van der Waals surface area (Å²) in [5.41, 5.74) is 2.45. The van der Waals surface area contributed by atoms with E-state index in [0.717, 1.165) is 66.8 Å². The lowest BCUT2D eigenvalue weighted by Crippen LogP contribution is -2.45. The Labute approximate surface area is 264 Å². The highest BCUT2D eigenvalue weighted by atomic mass is 32.1. The number of rotatable bonds is 8. The van der Waals surface area contributed by atoms with E-state index in [9.17, 15) is 14.4 Å². The van der Waals surface area contributed by atoms with Crippen molar-refractivity contribution in [3.8, 4) is 0 Å². The number of amides is 3. The van der Waals surface area contributed by atoms with E-state index >= 15 is 0 Å². The molecule has 1 atom stereocenters. The van der Waals surface area contributed by atoms with Crippen LogP contribution in [0.15, 0.2) is 64.4 Å². The first-order valence-electron chi connectivity index (χ1n) is 15.2. The largest absolute Gasteiger partial charge is 0.461 e. The Morgan fingerprint density at radius 1 is 1.04 bits per heavy atom. The molecule has 6 rings (SSSR count). The maximum atomic E-state index is 13.7. The third kappa shape index (κ3) is 7.66. The van der Waals surface area contributed by atoms with Gasteiger partial charge in [0.15, 0.2) is 5.13 Å². The van der Waals surface area contributed by atoms with Crippen molar-refractivity contribution in [1.82, 2.24) is 25.1 Å². The third-order valence-electron chi connectivity index (χ3n) is 7.88. The smallest absolute Gasteiger partial charge is 0.263 e. The van der Waals surface area contributed by atoms with Gasteiger partial charge in [-0.1, -0.05) is 11.3 Å². The van der Waals surface area contributed by atoms with Gasteiger partial charge in [-0.25, -0.2) is 9.98 Å². The fraction of sp³-hybridized carbons (Fsp3) is 0.375. The second kappa shape index (κ2) is 13.9. The first-order chi connectivity index (χ1) is 21.9. The molecule has 2 aliphatic rings. The Morgan fingerprint density at radius 2 is 1.84 bits per heavy atom. The molecule has 2 aliphatic heterocycles. The predicted molar refractivity (Wildman–Crippen MR) is 173 cm³/mol. The highest BCUT2D eigenvalue weighted by Crippen LogP contribution is 2.24. The summed E-state index contributed by atoms with van der Waals surface area (Å²) in [5, 5.41) is 10.8. The lowest BCUT2D eigenvalue weighted by atomic mass is 10.1. The second-order valence-electron chi connectivity index (χ2n) is 11.3. The molecule has 0 bridgehead atoms. The van der Waals surface area contributed by atoms with Gasteiger partial charge >= 0.3 is 0 Å². The molecule has 3 aromatic heterocycles. The SMILES string of the molecule is Cc1cc2cc(NC(=NC3CCCCN(CC(=O)N4CCCC4)C3=O)Nc3ncc(C(=O)NCc4ccncc4)s3)ccc2o1. The van der Waals surface area contributed by atoms with E-state index in [0.29, 0.717) is 35.5 Å². The van der Waals surface area contributed by atoms with E-state index in [1.54, 1.807) is 17.3 Å². The fourth-order valence-electron chi connectivity index (χ4n) is 5.54. The number of aliphatic imine (C=N–C) groups is 1. The number of thiazole rings is 1. The standard InChI is InChI=1S/C32H36N8O4S/c1-21-16-23-17-24(7-8-26(23)44-21)36-31(38-32-35-19-27(45-32)29(42)34-18-22-9-11-33-12-10-22)37-25-6-2-3-15-40(30(25)43)20-28(41)39-13-4-5-14-39/h7-12,16-17,19,25H,2-6,13-15,18,20H2,1H3,(H,34,42)(H2,35,36,37,38). The predicted octanol–water partition coefficient (Wildman–Crippen LogP) is 4.41. The van der Waals surface area contributed by atoms with Crippen molar-refractivity contribution in [3.63, 3.8) is 0 Å². The van der Waals surface area contributed by atoms with E-state index in [4.69, 9.17) is 9.41 Å². The topological polar surface area (TPSA) is 145 Å². The first kappa shape index (κ1) is 30.3. The Hall–Kier alpha value is -4.78. The molecule has 45 heavy (non-hydrogen) atoms. The fourth-order valence-corrected chi connectivity index (χ4v) is 6.27. The number of aromatic nitrogens is 2. The Bertz CT molecular complexity index is 1700.